The first-order valence-electron chi connectivity index (χ1n) is 19.3. The van der Waals surface area contributed by atoms with Crippen LogP contribution in [-0.2, 0) is 35.6 Å². The highest BCUT2D eigenvalue weighted by atomic mass is 32.2. The standard InChI is InChI=1S/C38H50N6O9S/c1-3-28-34(40-31-19-25(51-2)15-18-29(31)39-28)52-26-20-32-33(45)42-38(36(47)43-54(49,50)27-16-17-27)21-23(38)11-7-5-4-6-8-14-30(35(46)44(32)22-26)41-37(48)53-24-12-9-10-13-24/h7,11,15,18-19,23-24,26-27,30,32H,3-6,8-10,12-14,16-17,20-22H2,1-2H3,(H,41,48)(H,42,45)(H,43,47)/b11-7-/t23-,26-,30+,32+,38-/m1/s1. The number of methoxy groups -OCH3 is 1. The maximum absolute atomic E-state index is 14.5. The summed E-state index contributed by atoms with van der Waals surface area (Å²) in [7, 11) is -2.33. The fourth-order valence-electron chi connectivity index (χ4n) is 7.85. The predicted octanol–water partition coefficient (Wildman–Crippen LogP) is 3.59. The van der Waals surface area contributed by atoms with Gasteiger partial charge in [0.2, 0.25) is 27.7 Å². The Morgan fingerprint density at radius 1 is 1.00 bits per heavy atom. The highest BCUT2D eigenvalue weighted by Crippen LogP contribution is 2.46. The first-order valence-corrected chi connectivity index (χ1v) is 20.9. The summed E-state index contributed by atoms with van der Waals surface area (Å²) in [6, 6.07) is 3.29. The number of hydrogen-bond acceptors (Lipinski definition) is 11. The van der Waals surface area contributed by atoms with E-state index in [2.05, 4.69) is 15.4 Å². The number of fused-ring (bicyclic) bond motifs is 3. The van der Waals surface area contributed by atoms with Gasteiger partial charge in [-0.15, -0.1) is 0 Å². The van der Waals surface area contributed by atoms with Gasteiger partial charge in [0.1, 0.15) is 41.3 Å². The van der Waals surface area contributed by atoms with Gasteiger partial charge in [0.05, 0.1) is 29.9 Å². The van der Waals surface area contributed by atoms with Gasteiger partial charge in [0.25, 0.3) is 5.91 Å². The Kier molecular flexibility index (Phi) is 11.0. The van der Waals surface area contributed by atoms with Crippen LogP contribution in [-0.4, -0.2) is 95.8 Å². The van der Waals surface area contributed by atoms with E-state index in [0.29, 0.717) is 61.0 Å². The molecule has 15 nitrogen and oxygen atoms in total. The smallest absolute Gasteiger partial charge is 0.408 e. The Labute approximate surface area is 315 Å². The molecule has 54 heavy (non-hydrogen) atoms. The molecule has 2 aromatic rings. The average molecular weight is 767 g/mol. The van der Waals surface area contributed by atoms with Crippen LogP contribution >= 0.6 is 0 Å². The number of benzene rings is 1. The molecule has 5 atom stereocenters. The van der Waals surface area contributed by atoms with Crippen molar-refractivity contribution in [1.29, 1.82) is 0 Å². The SMILES string of the molecule is CCc1nc2ccc(OC)cc2nc1O[C@@H]1C[C@H]2C(=O)N[C@]3(C(=O)NS(=O)(=O)C4CC4)C[C@H]3/C=C\CCCCC[C@H](NC(=O)OC3CCCC3)C(=O)N2C1. The largest absolute Gasteiger partial charge is 0.497 e. The molecule has 5 aliphatic rings. The van der Waals surface area contributed by atoms with E-state index >= 15 is 0 Å². The molecular formula is C38H50N6O9S. The Morgan fingerprint density at radius 2 is 1.78 bits per heavy atom. The van der Waals surface area contributed by atoms with Crippen LogP contribution in [0.5, 0.6) is 11.6 Å². The molecule has 7 rings (SSSR count). The van der Waals surface area contributed by atoms with Crippen molar-refractivity contribution in [3.05, 3.63) is 36.0 Å². The van der Waals surface area contributed by atoms with Crippen LogP contribution < -0.4 is 24.8 Å². The number of aromatic nitrogens is 2. The highest BCUT2D eigenvalue weighted by Gasteiger charge is 2.62. The van der Waals surface area contributed by atoms with Crippen molar-refractivity contribution in [3.63, 3.8) is 0 Å². The number of ether oxygens (including phenoxy) is 3. The first kappa shape index (κ1) is 37.8. The van der Waals surface area contributed by atoms with Crippen molar-refractivity contribution < 1.29 is 41.8 Å². The van der Waals surface area contributed by atoms with Crippen LogP contribution in [0.4, 0.5) is 4.79 Å². The van der Waals surface area contributed by atoms with Gasteiger partial charge in [0.15, 0.2) is 0 Å². The van der Waals surface area contributed by atoms with E-state index in [9.17, 15) is 27.6 Å². The minimum absolute atomic E-state index is 0.00760. The van der Waals surface area contributed by atoms with Crippen LogP contribution in [0.2, 0.25) is 0 Å². The third-order valence-corrected chi connectivity index (χ3v) is 13.0. The number of amides is 4. The number of aryl methyl sites for hydroxylation is 1. The summed E-state index contributed by atoms with van der Waals surface area (Å²) < 4.78 is 45.4. The van der Waals surface area contributed by atoms with Crippen LogP contribution in [0, 0.1) is 5.92 Å². The number of carbonyl (C=O) groups excluding carboxylic acids is 4. The Balaban J connectivity index is 1.18. The van der Waals surface area contributed by atoms with Crippen molar-refractivity contribution in [2.45, 2.75) is 132 Å². The van der Waals surface area contributed by atoms with Gasteiger partial charge < -0.3 is 29.7 Å². The quantitative estimate of drug-likeness (QED) is 0.316. The third kappa shape index (κ3) is 8.27. The lowest BCUT2D eigenvalue weighted by Crippen LogP contribution is -2.58. The lowest BCUT2D eigenvalue weighted by Gasteiger charge is -2.30. The summed E-state index contributed by atoms with van der Waals surface area (Å²) >= 11 is 0. The second-order valence-electron chi connectivity index (χ2n) is 15.2. The molecule has 4 amide bonds. The zero-order chi connectivity index (χ0) is 38.0. The molecule has 16 heteroatoms. The van der Waals surface area contributed by atoms with Gasteiger partial charge in [-0.1, -0.05) is 31.9 Å². The normalized spacial score (nSPS) is 28.5. The van der Waals surface area contributed by atoms with E-state index in [1.807, 2.05) is 25.1 Å². The fourth-order valence-corrected chi connectivity index (χ4v) is 9.21. The highest BCUT2D eigenvalue weighted by molar-refractivity contribution is 7.91. The van der Waals surface area contributed by atoms with E-state index in [4.69, 9.17) is 24.2 Å². The van der Waals surface area contributed by atoms with Crippen molar-refractivity contribution in [2.24, 2.45) is 5.92 Å². The first-order chi connectivity index (χ1) is 26.0. The molecule has 3 heterocycles. The molecule has 3 N–H and O–H groups in total. The summed E-state index contributed by atoms with van der Waals surface area (Å²) in [5.41, 5.74) is 0.314. The Bertz CT molecular complexity index is 1910. The maximum atomic E-state index is 14.5. The minimum atomic E-state index is -3.89. The van der Waals surface area contributed by atoms with Crippen molar-refractivity contribution in [3.8, 4) is 11.6 Å². The van der Waals surface area contributed by atoms with E-state index in [1.165, 1.54) is 4.90 Å². The van der Waals surface area contributed by atoms with Gasteiger partial charge in [-0.2, -0.15) is 0 Å². The average Bonchev–Trinajstić information content (AvgIpc) is 4.03. The topological polar surface area (TPSA) is 195 Å². The van der Waals surface area contributed by atoms with Gasteiger partial charge in [0, 0.05) is 18.4 Å². The van der Waals surface area contributed by atoms with E-state index < -0.39 is 68.7 Å². The van der Waals surface area contributed by atoms with Gasteiger partial charge in [-0.25, -0.2) is 23.2 Å². The molecule has 0 bridgehead atoms. The number of nitrogens with one attached hydrogen (secondary N) is 3. The Hall–Kier alpha value is -4.47. The van der Waals surface area contributed by atoms with Crippen LogP contribution in [0.3, 0.4) is 0 Å². The van der Waals surface area contributed by atoms with Crippen LogP contribution in [0.15, 0.2) is 30.4 Å². The lowest BCUT2D eigenvalue weighted by atomic mass is 10.0. The summed E-state index contributed by atoms with van der Waals surface area (Å²) in [4.78, 5) is 66.7. The van der Waals surface area contributed by atoms with Gasteiger partial charge in [-0.05, 0) is 82.8 Å². The Morgan fingerprint density at radius 3 is 2.52 bits per heavy atom. The predicted molar refractivity (Wildman–Crippen MR) is 197 cm³/mol. The molecule has 1 aromatic heterocycles. The van der Waals surface area contributed by atoms with Crippen molar-refractivity contribution >= 4 is 44.9 Å². The monoisotopic (exact) mass is 766 g/mol. The second-order valence-corrected chi connectivity index (χ2v) is 17.1. The number of rotatable bonds is 9. The molecule has 2 aliphatic heterocycles. The molecular weight excluding hydrogens is 717 g/mol. The molecule has 3 aliphatic carbocycles. The van der Waals surface area contributed by atoms with E-state index in [1.54, 1.807) is 19.2 Å². The van der Waals surface area contributed by atoms with Crippen LogP contribution in [0.25, 0.3) is 11.0 Å². The summed E-state index contributed by atoms with van der Waals surface area (Å²) in [5.74, 6) is -1.42. The minimum Gasteiger partial charge on any atom is -0.497 e. The number of alkyl carbamates (subject to hydrolysis) is 1. The molecule has 1 saturated heterocycles. The van der Waals surface area contributed by atoms with Gasteiger partial charge in [-0.3, -0.25) is 19.1 Å². The molecule has 3 saturated carbocycles. The fraction of sp³-hybridized carbons (Fsp3) is 0.632. The van der Waals surface area contributed by atoms with E-state index in [-0.39, 0.29) is 31.4 Å². The van der Waals surface area contributed by atoms with E-state index in [0.717, 1.165) is 38.5 Å². The van der Waals surface area contributed by atoms with Crippen molar-refractivity contribution in [1.82, 2.24) is 30.2 Å². The number of sulfonamides is 1. The molecule has 0 unspecified atom stereocenters. The number of nitrogens with zero attached hydrogens (tertiary/aromatic N) is 3. The molecule has 4 fully saturated rings. The number of hydrogen-bond donors (Lipinski definition) is 3. The summed E-state index contributed by atoms with van der Waals surface area (Å²) in [6.07, 6.45) is 10.7. The number of carbonyl (C=O) groups is 4. The molecule has 292 valence electrons. The zero-order valence-electron chi connectivity index (χ0n) is 30.9. The lowest BCUT2D eigenvalue weighted by molar-refractivity contribution is -0.141. The maximum Gasteiger partial charge on any atom is 0.408 e. The van der Waals surface area contributed by atoms with Gasteiger partial charge >= 0.3 is 6.09 Å². The molecule has 0 radical (unpaired) electrons. The molecule has 1 aromatic carbocycles. The second kappa shape index (κ2) is 15.7. The van der Waals surface area contributed by atoms with Crippen LogP contribution in [0.1, 0.15) is 96.1 Å². The zero-order valence-corrected chi connectivity index (χ0v) is 31.7. The third-order valence-electron chi connectivity index (χ3n) is 11.2. The molecule has 0 spiro atoms. The summed E-state index contributed by atoms with van der Waals surface area (Å²) in [6.45, 7) is 1.92. The van der Waals surface area contributed by atoms with Crippen molar-refractivity contribution in [2.75, 3.05) is 13.7 Å². The summed E-state index contributed by atoms with van der Waals surface area (Å²) in [5, 5.41) is 5.07. The number of allylic oxidation sites excluding steroid dienone is 1.